The van der Waals surface area contributed by atoms with E-state index < -0.39 is 11.7 Å². The predicted octanol–water partition coefficient (Wildman–Crippen LogP) is 3.77. The van der Waals surface area contributed by atoms with E-state index in [1.165, 1.54) is 36.3 Å². The number of halogens is 1. The van der Waals surface area contributed by atoms with E-state index in [1.807, 2.05) is 5.38 Å². The van der Waals surface area contributed by atoms with Crippen LogP contribution in [0.25, 0.3) is 0 Å². The Morgan fingerprint density at radius 3 is 3.09 bits per heavy atom. The van der Waals surface area contributed by atoms with Gasteiger partial charge in [0.05, 0.1) is 11.3 Å². The highest BCUT2D eigenvalue weighted by molar-refractivity contribution is 7.13. The molecule has 1 unspecified atom stereocenters. The van der Waals surface area contributed by atoms with Gasteiger partial charge in [0.25, 0.3) is 5.91 Å². The van der Waals surface area contributed by atoms with Gasteiger partial charge in [0.1, 0.15) is 5.82 Å². The molecule has 23 heavy (non-hydrogen) atoms. The van der Waals surface area contributed by atoms with Crippen LogP contribution in [0, 0.1) is 11.7 Å². The molecule has 0 saturated carbocycles. The van der Waals surface area contributed by atoms with Gasteiger partial charge in [-0.2, -0.15) is 0 Å². The Hall–Kier alpha value is -1.79. The van der Waals surface area contributed by atoms with Gasteiger partial charge in [-0.25, -0.2) is 9.37 Å². The molecule has 2 aromatic rings. The molecular weight excluding hydrogens is 313 g/mol. The summed E-state index contributed by atoms with van der Waals surface area (Å²) < 4.78 is 13.6. The van der Waals surface area contributed by atoms with Gasteiger partial charge in [-0.05, 0) is 37.4 Å². The van der Waals surface area contributed by atoms with E-state index in [0.29, 0.717) is 5.13 Å². The van der Waals surface area contributed by atoms with Gasteiger partial charge in [0.15, 0.2) is 5.13 Å². The molecule has 1 aliphatic rings. The summed E-state index contributed by atoms with van der Waals surface area (Å²) in [5.74, 6) is -0.262. The summed E-state index contributed by atoms with van der Waals surface area (Å²) >= 11 is 1.38. The smallest absolute Gasteiger partial charge is 0.260 e. The molecule has 1 fully saturated rings. The van der Waals surface area contributed by atoms with Crippen LogP contribution in [-0.4, -0.2) is 28.9 Å². The van der Waals surface area contributed by atoms with Crippen LogP contribution < -0.4 is 5.32 Å². The fourth-order valence-corrected chi connectivity index (χ4v) is 3.60. The number of rotatable bonds is 4. The van der Waals surface area contributed by atoms with E-state index in [1.54, 1.807) is 12.1 Å². The molecule has 0 spiro atoms. The van der Waals surface area contributed by atoms with Gasteiger partial charge in [-0.15, -0.1) is 11.3 Å². The number of piperidine rings is 1. The van der Waals surface area contributed by atoms with Crippen molar-refractivity contribution in [1.82, 2.24) is 9.88 Å². The van der Waals surface area contributed by atoms with Crippen molar-refractivity contribution in [3.8, 4) is 0 Å². The van der Waals surface area contributed by atoms with Crippen LogP contribution in [0.5, 0.6) is 0 Å². The maximum absolute atomic E-state index is 13.6. The van der Waals surface area contributed by atoms with E-state index in [4.69, 9.17) is 0 Å². The molecule has 2 heterocycles. The number of nitrogens with zero attached hydrogens (tertiary/aromatic N) is 2. The van der Waals surface area contributed by atoms with Crippen molar-refractivity contribution >= 4 is 22.4 Å². The summed E-state index contributed by atoms with van der Waals surface area (Å²) in [4.78, 5) is 18.9. The Morgan fingerprint density at radius 2 is 2.30 bits per heavy atom. The van der Waals surface area contributed by atoms with Crippen molar-refractivity contribution in [1.29, 1.82) is 0 Å². The summed E-state index contributed by atoms with van der Waals surface area (Å²) in [7, 11) is 0. The lowest BCUT2D eigenvalue weighted by Gasteiger charge is -2.30. The molecule has 1 amide bonds. The lowest BCUT2D eigenvalue weighted by Crippen LogP contribution is -2.33. The van der Waals surface area contributed by atoms with Crippen LogP contribution in [0.2, 0.25) is 0 Å². The summed E-state index contributed by atoms with van der Waals surface area (Å²) in [6.07, 6.45) is 2.51. The minimum absolute atomic E-state index is 0.0362. The third-order valence-electron chi connectivity index (χ3n) is 4.02. The van der Waals surface area contributed by atoms with E-state index in [-0.39, 0.29) is 5.56 Å². The third-order valence-corrected chi connectivity index (χ3v) is 4.82. The molecule has 122 valence electrons. The van der Waals surface area contributed by atoms with E-state index in [9.17, 15) is 9.18 Å². The average molecular weight is 333 g/mol. The summed E-state index contributed by atoms with van der Waals surface area (Å²) in [5, 5.41) is 5.14. The Kier molecular flexibility index (Phi) is 5.03. The number of carbonyl (C=O) groups is 1. The highest BCUT2D eigenvalue weighted by Gasteiger charge is 2.18. The molecule has 1 N–H and O–H groups in total. The number of benzene rings is 1. The van der Waals surface area contributed by atoms with Crippen molar-refractivity contribution in [2.45, 2.75) is 26.3 Å². The van der Waals surface area contributed by atoms with Crippen LogP contribution in [0.3, 0.4) is 0 Å². The van der Waals surface area contributed by atoms with Gasteiger partial charge in [-0.3, -0.25) is 15.0 Å². The number of hydrogen-bond acceptors (Lipinski definition) is 4. The molecule has 1 atom stereocenters. The molecule has 3 rings (SSSR count). The Bertz CT molecular complexity index is 688. The monoisotopic (exact) mass is 333 g/mol. The zero-order chi connectivity index (χ0) is 16.2. The zero-order valence-corrected chi connectivity index (χ0v) is 13.9. The number of thiazole rings is 1. The minimum Gasteiger partial charge on any atom is -0.298 e. The Labute approximate surface area is 139 Å². The summed E-state index contributed by atoms with van der Waals surface area (Å²) in [5.41, 5.74) is 0.988. The first-order valence-electron chi connectivity index (χ1n) is 7.84. The second-order valence-electron chi connectivity index (χ2n) is 6.06. The summed E-state index contributed by atoms with van der Waals surface area (Å²) in [6, 6.07) is 5.95. The number of amides is 1. The first kappa shape index (κ1) is 16.1. The number of hydrogen-bond donors (Lipinski definition) is 1. The molecule has 0 radical (unpaired) electrons. The first-order valence-corrected chi connectivity index (χ1v) is 8.72. The predicted molar refractivity (Wildman–Crippen MR) is 90.1 cm³/mol. The largest absolute Gasteiger partial charge is 0.298 e. The molecular formula is C17H20FN3OS. The van der Waals surface area contributed by atoms with E-state index in [0.717, 1.165) is 31.2 Å². The molecule has 4 nitrogen and oxygen atoms in total. The highest BCUT2D eigenvalue weighted by atomic mass is 32.1. The lowest BCUT2D eigenvalue weighted by atomic mass is 10.0. The normalized spacial score (nSPS) is 18.8. The standard InChI is InChI=1S/C17H20FN3OS/c1-12-5-4-8-21(9-12)10-13-11-23-17(19-13)20-16(22)14-6-2-3-7-15(14)18/h2-3,6-7,11-12H,4-5,8-10H2,1H3,(H,19,20,22). The zero-order valence-electron chi connectivity index (χ0n) is 13.1. The number of aromatic nitrogens is 1. The van der Waals surface area contributed by atoms with Crippen LogP contribution in [-0.2, 0) is 6.54 Å². The van der Waals surface area contributed by atoms with Crippen molar-refractivity contribution in [3.63, 3.8) is 0 Å². The average Bonchev–Trinajstić information content (AvgIpc) is 2.94. The van der Waals surface area contributed by atoms with E-state index >= 15 is 0 Å². The minimum atomic E-state index is -0.524. The Balaban J connectivity index is 1.61. The van der Waals surface area contributed by atoms with Gasteiger partial charge in [0, 0.05) is 18.5 Å². The van der Waals surface area contributed by atoms with Crippen LogP contribution >= 0.6 is 11.3 Å². The third kappa shape index (κ3) is 4.14. The first-order chi connectivity index (χ1) is 11.1. The van der Waals surface area contributed by atoms with Crippen LogP contribution in [0.15, 0.2) is 29.6 Å². The lowest BCUT2D eigenvalue weighted by molar-refractivity contribution is 0.102. The SMILES string of the molecule is CC1CCCN(Cc2csc(NC(=O)c3ccccc3F)n2)C1. The number of anilines is 1. The number of likely N-dealkylation sites (tertiary alicyclic amines) is 1. The number of carbonyl (C=O) groups excluding carboxylic acids is 1. The molecule has 1 aromatic heterocycles. The molecule has 1 aliphatic heterocycles. The van der Waals surface area contributed by atoms with E-state index in [2.05, 4.69) is 22.1 Å². The quantitative estimate of drug-likeness (QED) is 0.926. The van der Waals surface area contributed by atoms with Gasteiger partial charge >= 0.3 is 0 Å². The van der Waals surface area contributed by atoms with Gasteiger partial charge < -0.3 is 0 Å². The van der Waals surface area contributed by atoms with Crippen molar-refractivity contribution < 1.29 is 9.18 Å². The van der Waals surface area contributed by atoms with Crippen molar-refractivity contribution in [2.24, 2.45) is 5.92 Å². The van der Waals surface area contributed by atoms with Crippen molar-refractivity contribution in [2.75, 3.05) is 18.4 Å². The highest BCUT2D eigenvalue weighted by Crippen LogP contribution is 2.21. The second kappa shape index (κ2) is 7.19. The molecule has 1 saturated heterocycles. The molecule has 6 heteroatoms. The van der Waals surface area contributed by atoms with Gasteiger partial charge in [0.2, 0.25) is 0 Å². The second-order valence-corrected chi connectivity index (χ2v) is 6.92. The van der Waals surface area contributed by atoms with Crippen LogP contribution in [0.1, 0.15) is 35.8 Å². The topological polar surface area (TPSA) is 45.2 Å². The Morgan fingerprint density at radius 1 is 1.48 bits per heavy atom. The fourth-order valence-electron chi connectivity index (χ4n) is 2.91. The molecule has 0 aliphatic carbocycles. The van der Waals surface area contributed by atoms with Crippen molar-refractivity contribution in [3.05, 3.63) is 46.7 Å². The van der Waals surface area contributed by atoms with Gasteiger partial charge in [-0.1, -0.05) is 19.1 Å². The molecule has 1 aromatic carbocycles. The fraction of sp³-hybridized carbons (Fsp3) is 0.412. The van der Waals surface area contributed by atoms with Crippen LogP contribution in [0.4, 0.5) is 9.52 Å². The maximum Gasteiger partial charge on any atom is 0.260 e. The molecule has 0 bridgehead atoms. The number of nitrogens with one attached hydrogen (secondary N) is 1. The summed E-state index contributed by atoms with van der Waals surface area (Å²) in [6.45, 7) is 5.26. The maximum atomic E-state index is 13.6.